The highest BCUT2D eigenvalue weighted by Gasteiger charge is 2.19. The van der Waals surface area contributed by atoms with E-state index in [9.17, 15) is 8.42 Å². The number of ether oxygens (including phenoxy) is 1. The fourth-order valence-corrected chi connectivity index (χ4v) is 3.31. The van der Waals surface area contributed by atoms with Crippen LogP contribution in [0, 0.1) is 13.8 Å². The Morgan fingerprint density at radius 2 is 1.64 bits per heavy atom. The monoisotopic (exact) mass is 319 g/mol. The molecule has 0 aliphatic heterocycles. The molecule has 0 saturated carbocycles. The predicted molar refractivity (Wildman–Crippen MR) is 87.6 cm³/mol. The van der Waals surface area contributed by atoms with Crippen LogP contribution < -0.4 is 9.46 Å². The van der Waals surface area contributed by atoms with E-state index in [-0.39, 0.29) is 11.4 Å². The van der Waals surface area contributed by atoms with E-state index in [0.29, 0.717) is 12.4 Å². The van der Waals surface area contributed by atoms with E-state index in [2.05, 4.69) is 4.72 Å². The average molecular weight is 319 g/mol. The third kappa shape index (κ3) is 4.08. The molecule has 0 aliphatic rings. The summed E-state index contributed by atoms with van der Waals surface area (Å²) in [6.45, 7) is 6.35. The molecule has 0 saturated heterocycles. The van der Waals surface area contributed by atoms with Crippen LogP contribution in [-0.2, 0) is 16.6 Å². The minimum absolute atomic E-state index is 0.182. The van der Waals surface area contributed by atoms with Crippen LogP contribution >= 0.6 is 0 Å². The van der Waals surface area contributed by atoms with Crippen molar-refractivity contribution < 1.29 is 13.2 Å². The molecule has 2 aromatic rings. The lowest BCUT2D eigenvalue weighted by atomic mass is 10.2. The van der Waals surface area contributed by atoms with E-state index in [1.807, 2.05) is 51.1 Å². The van der Waals surface area contributed by atoms with E-state index in [4.69, 9.17) is 4.74 Å². The third-order valence-corrected chi connectivity index (χ3v) is 4.70. The van der Waals surface area contributed by atoms with Crippen LogP contribution in [0.4, 0.5) is 0 Å². The fraction of sp³-hybridized carbons (Fsp3) is 0.294. The van der Waals surface area contributed by atoms with Gasteiger partial charge in [-0.25, -0.2) is 13.1 Å². The third-order valence-electron chi connectivity index (χ3n) is 3.28. The summed E-state index contributed by atoms with van der Waals surface area (Å²) in [5.74, 6) is 0.379. The Morgan fingerprint density at radius 1 is 1.00 bits per heavy atom. The summed E-state index contributed by atoms with van der Waals surface area (Å²) in [4.78, 5) is 0.182. The zero-order valence-electron chi connectivity index (χ0n) is 13.1. The van der Waals surface area contributed by atoms with Crippen molar-refractivity contribution in [3.8, 4) is 5.75 Å². The van der Waals surface area contributed by atoms with Crippen molar-refractivity contribution in [3.63, 3.8) is 0 Å². The lowest BCUT2D eigenvalue weighted by molar-refractivity contribution is 0.331. The van der Waals surface area contributed by atoms with Gasteiger partial charge in [0, 0.05) is 6.54 Å². The Kier molecular flexibility index (Phi) is 5.21. The molecule has 0 amide bonds. The first-order valence-corrected chi connectivity index (χ1v) is 8.69. The average Bonchev–Trinajstić information content (AvgIpc) is 2.49. The molecule has 0 bridgehead atoms. The maximum Gasteiger partial charge on any atom is 0.244 e. The van der Waals surface area contributed by atoms with Gasteiger partial charge in [-0.05, 0) is 44.0 Å². The normalized spacial score (nSPS) is 11.4. The number of rotatable bonds is 6. The molecule has 0 unspecified atom stereocenters. The van der Waals surface area contributed by atoms with Gasteiger partial charge in [-0.1, -0.05) is 35.9 Å². The molecule has 0 fully saturated rings. The largest absolute Gasteiger partial charge is 0.492 e. The lowest BCUT2D eigenvalue weighted by Crippen LogP contribution is -2.24. The number of aryl methyl sites for hydroxylation is 2. The van der Waals surface area contributed by atoms with Crippen LogP contribution in [0.25, 0.3) is 0 Å². The summed E-state index contributed by atoms with van der Waals surface area (Å²) in [6.07, 6.45) is 0. The van der Waals surface area contributed by atoms with Gasteiger partial charge in [-0.3, -0.25) is 0 Å². The van der Waals surface area contributed by atoms with Crippen LogP contribution in [-0.4, -0.2) is 15.0 Å². The zero-order valence-corrected chi connectivity index (χ0v) is 13.9. The van der Waals surface area contributed by atoms with Crippen molar-refractivity contribution in [2.45, 2.75) is 32.2 Å². The van der Waals surface area contributed by atoms with Gasteiger partial charge in [0.05, 0.1) is 6.61 Å². The van der Waals surface area contributed by atoms with Crippen LogP contribution in [0.3, 0.4) is 0 Å². The SMILES string of the molecule is CCOc1ccc(C)cc1S(=O)(=O)NCc1ccc(C)cc1. The molecule has 22 heavy (non-hydrogen) atoms. The van der Waals surface area contributed by atoms with Gasteiger partial charge in [0.15, 0.2) is 0 Å². The maximum absolute atomic E-state index is 12.5. The molecule has 5 heteroatoms. The minimum Gasteiger partial charge on any atom is -0.492 e. The van der Waals surface area contributed by atoms with Gasteiger partial charge in [0.25, 0.3) is 0 Å². The summed E-state index contributed by atoms with van der Waals surface area (Å²) in [5, 5.41) is 0. The molecular weight excluding hydrogens is 298 g/mol. The van der Waals surface area contributed by atoms with Gasteiger partial charge in [0.2, 0.25) is 10.0 Å². The number of nitrogens with one attached hydrogen (secondary N) is 1. The molecule has 118 valence electrons. The second-order valence-electron chi connectivity index (χ2n) is 5.19. The Labute approximate surface area is 132 Å². The first-order chi connectivity index (χ1) is 10.4. The van der Waals surface area contributed by atoms with Gasteiger partial charge >= 0.3 is 0 Å². The van der Waals surface area contributed by atoms with Crippen LogP contribution in [0.5, 0.6) is 5.75 Å². The molecule has 0 atom stereocenters. The predicted octanol–water partition coefficient (Wildman–Crippen LogP) is 3.18. The number of hydrogen-bond acceptors (Lipinski definition) is 3. The Balaban J connectivity index is 2.22. The van der Waals surface area contributed by atoms with Crippen molar-refractivity contribution in [2.75, 3.05) is 6.61 Å². The second-order valence-corrected chi connectivity index (χ2v) is 6.93. The van der Waals surface area contributed by atoms with Gasteiger partial charge in [-0.15, -0.1) is 0 Å². The van der Waals surface area contributed by atoms with Crippen LogP contribution in [0.15, 0.2) is 47.4 Å². The summed E-state index contributed by atoms with van der Waals surface area (Å²) >= 11 is 0. The summed E-state index contributed by atoms with van der Waals surface area (Å²) in [5.41, 5.74) is 2.93. The Bertz CT molecular complexity index is 737. The number of benzene rings is 2. The molecule has 0 heterocycles. The van der Waals surface area contributed by atoms with Crippen molar-refractivity contribution in [3.05, 3.63) is 59.2 Å². The van der Waals surface area contributed by atoms with E-state index in [1.165, 1.54) is 0 Å². The quantitative estimate of drug-likeness (QED) is 0.889. The van der Waals surface area contributed by atoms with Gasteiger partial charge in [-0.2, -0.15) is 0 Å². The molecule has 2 aromatic carbocycles. The highest BCUT2D eigenvalue weighted by Crippen LogP contribution is 2.25. The molecule has 4 nitrogen and oxygen atoms in total. The van der Waals surface area contributed by atoms with Crippen molar-refractivity contribution in [1.82, 2.24) is 4.72 Å². The first kappa shape index (κ1) is 16.5. The van der Waals surface area contributed by atoms with Crippen molar-refractivity contribution in [1.29, 1.82) is 0 Å². The van der Waals surface area contributed by atoms with Crippen LogP contribution in [0.1, 0.15) is 23.6 Å². The Hall–Kier alpha value is -1.85. The maximum atomic E-state index is 12.5. The van der Waals surface area contributed by atoms with E-state index in [1.54, 1.807) is 12.1 Å². The molecule has 0 aromatic heterocycles. The summed E-state index contributed by atoms with van der Waals surface area (Å²) in [6, 6.07) is 12.9. The fourth-order valence-electron chi connectivity index (χ4n) is 2.06. The summed E-state index contributed by atoms with van der Waals surface area (Å²) in [7, 11) is -3.62. The molecular formula is C17H21NO3S. The molecule has 2 rings (SSSR count). The molecule has 0 spiro atoms. The van der Waals surface area contributed by atoms with Crippen LogP contribution in [0.2, 0.25) is 0 Å². The van der Waals surface area contributed by atoms with E-state index >= 15 is 0 Å². The standard InChI is InChI=1S/C17H21NO3S/c1-4-21-16-10-7-14(3)11-17(16)22(19,20)18-12-15-8-5-13(2)6-9-15/h5-11,18H,4,12H2,1-3H3. The number of sulfonamides is 1. The first-order valence-electron chi connectivity index (χ1n) is 7.21. The van der Waals surface area contributed by atoms with Gasteiger partial charge < -0.3 is 4.74 Å². The molecule has 1 N–H and O–H groups in total. The topological polar surface area (TPSA) is 55.4 Å². The minimum atomic E-state index is -3.62. The van der Waals surface area contributed by atoms with Gasteiger partial charge in [0.1, 0.15) is 10.6 Å². The zero-order chi connectivity index (χ0) is 16.2. The van der Waals surface area contributed by atoms with Crippen molar-refractivity contribution >= 4 is 10.0 Å². The van der Waals surface area contributed by atoms with E-state index < -0.39 is 10.0 Å². The molecule has 0 radical (unpaired) electrons. The summed E-state index contributed by atoms with van der Waals surface area (Å²) < 4.78 is 33.1. The van der Waals surface area contributed by atoms with E-state index in [0.717, 1.165) is 16.7 Å². The smallest absolute Gasteiger partial charge is 0.244 e. The lowest BCUT2D eigenvalue weighted by Gasteiger charge is -2.13. The number of hydrogen-bond donors (Lipinski definition) is 1. The highest BCUT2D eigenvalue weighted by molar-refractivity contribution is 7.89. The Morgan fingerprint density at radius 3 is 2.27 bits per heavy atom. The second kappa shape index (κ2) is 6.94. The highest BCUT2D eigenvalue weighted by atomic mass is 32.2. The molecule has 0 aliphatic carbocycles. The van der Waals surface area contributed by atoms with Crippen molar-refractivity contribution in [2.24, 2.45) is 0 Å².